The number of aryl methyl sites for hydroxylation is 2. The SMILES string of the molecule is Fc1cccc(F)c1NC(=S)c1nc2c(s1)-c1cc(C3=CN=CC3)ccc1CCC2. The maximum atomic E-state index is 14.0. The minimum Gasteiger partial charge on any atom is -0.339 e. The molecular formula is C23H17F2N3S2. The number of para-hydroxylation sites is 1. The average Bonchev–Trinajstić information content (AvgIpc) is 3.39. The first-order chi connectivity index (χ1) is 14.6. The van der Waals surface area contributed by atoms with Crippen LogP contribution in [0.2, 0.25) is 0 Å². The van der Waals surface area contributed by atoms with Crippen molar-refractivity contribution in [3.8, 4) is 10.4 Å². The zero-order valence-corrected chi connectivity index (χ0v) is 17.5. The molecule has 1 N–H and O–H groups in total. The summed E-state index contributed by atoms with van der Waals surface area (Å²) in [6, 6.07) is 10.3. The number of thiocarbonyl (C=S) groups is 1. The molecule has 0 radical (unpaired) electrons. The second kappa shape index (κ2) is 7.81. The molecule has 1 aliphatic carbocycles. The van der Waals surface area contributed by atoms with Crippen molar-refractivity contribution < 1.29 is 8.78 Å². The lowest BCUT2D eigenvalue weighted by Crippen LogP contribution is -2.13. The van der Waals surface area contributed by atoms with Gasteiger partial charge in [-0.25, -0.2) is 13.8 Å². The molecule has 2 heterocycles. The van der Waals surface area contributed by atoms with Gasteiger partial charge in [-0.2, -0.15) is 0 Å². The van der Waals surface area contributed by atoms with Gasteiger partial charge in [0.15, 0.2) is 5.01 Å². The first kappa shape index (κ1) is 19.2. The van der Waals surface area contributed by atoms with Gasteiger partial charge < -0.3 is 5.32 Å². The van der Waals surface area contributed by atoms with Gasteiger partial charge in [-0.15, -0.1) is 11.3 Å². The van der Waals surface area contributed by atoms with Crippen molar-refractivity contribution in [3.05, 3.63) is 76.1 Å². The van der Waals surface area contributed by atoms with Crippen LogP contribution in [0, 0.1) is 11.6 Å². The number of nitrogens with zero attached hydrogens (tertiary/aromatic N) is 2. The van der Waals surface area contributed by atoms with Gasteiger partial charge in [0.05, 0.1) is 10.6 Å². The third-order valence-corrected chi connectivity index (χ3v) is 6.90. The summed E-state index contributed by atoms with van der Waals surface area (Å²) in [5, 5.41) is 3.27. The minimum absolute atomic E-state index is 0.224. The molecular weight excluding hydrogens is 420 g/mol. The second-order valence-corrected chi connectivity index (χ2v) is 8.67. The van der Waals surface area contributed by atoms with Crippen molar-refractivity contribution in [3.63, 3.8) is 0 Å². The Labute approximate surface area is 182 Å². The molecule has 3 nitrogen and oxygen atoms in total. The maximum absolute atomic E-state index is 14.0. The Morgan fingerprint density at radius 1 is 1.10 bits per heavy atom. The summed E-state index contributed by atoms with van der Waals surface area (Å²) in [5.74, 6) is -1.37. The zero-order chi connectivity index (χ0) is 20.7. The van der Waals surface area contributed by atoms with E-state index in [0.717, 1.165) is 47.4 Å². The van der Waals surface area contributed by atoms with E-state index in [1.54, 1.807) is 0 Å². The summed E-state index contributed by atoms with van der Waals surface area (Å²) >= 11 is 6.91. The molecule has 0 atom stereocenters. The fourth-order valence-corrected chi connectivity index (χ4v) is 5.13. The largest absolute Gasteiger partial charge is 0.339 e. The molecule has 150 valence electrons. The number of halogens is 2. The number of allylic oxidation sites excluding steroid dienone is 1. The van der Waals surface area contributed by atoms with Gasteiger partial charge in [0.1, 0.15) is 22.3 Å². The molecule has 0 saturated heterocycles. The van der Waals surface area contributed by atoms with E-state index in [9.17, 15) is 8.78 Å². The van der Waals surface area contributed by atoms with Crippen LogP contribution in [0.3, 0.4) is 0 Å². The van der Waals surface area contributed by atoms with Crippen molar-refractivity contribution in [1.29, 1.82) is 0 Å². The normalized spacial score (nSPS) is 14.7. The third kappa shape index (κ3) is 3.48. The van der Waals surface area contributed by atoms with Crippen LogP contribution in [0.15, 0.2) is 47.6 Å². The van der Waals surface area contributed by atoms with Gasteiger partial charge in [0.25, 0.3) is 0 Å². The number of aromatic nitrogens is 1. The number of nitrogens with one attached hydrogen (secondary N) is 1. The van der Waals surface area contributed by atoms with Crippen LogP contribution >= 0.6 is 23.6 Å². The summed E-state index contributed by atoms with van der Waals surface area (Å²) in [4.78, 5) is 10.2. The number of anilines is 1. The average molecular weight is 438 g/mol. The topological polar surface area (TPSA) is 37.3 Å². The van der Waals surface area contributed by atoms with Crippen molar-refractivity contribution in [2.24, 2.45) is 4.99 Å². The Balaban J connectivity index is 1.51. The molecule has 7 heteroatoms. The lowest BCUT2D eigenvalue weighted by molar-refractivity contribution is 0.591. The quantitative estimate of drug-likeness (QED) is 0.497. The highest BCUT2D eigenvalue weighted by atomic mass is 32.1. The van der Waals surface area contributed by atoms with Crippen LogP contribution in [-0.2, 0) is 12.8 Å². The summed E-state index contributed by atoms with van der Waals surface area (Å²) < 4.78 is 28.0. The highest BCUT2D eigenvalue weighted by molar-refractivity contribution is 7.81. The highest BCUT2D eigenvalue weighted by Crippen LogP contribution is 2.39. The Kier molecular flexibility index (Phi) is 5.00. The monoisotopic (exact) mass is 437 g/mol. The van der Waals surface area contributed by atoms with Gasteiger partial charge in [0, 0.05) is 18.8 Å². The fourth-order valence-electron chi connectivity index (χ4n) is 3.80. The summed E-state index contributed by atoms with van der Waals surface area (Å²) in [5.41, 5.74) is 5.54. The van der Waals surface area contributed by atoms with Crippen LogP contribution in [0.4, 0.5) is 14.5 Å². The van der Waals surface area contributed by atoms with E-state index in [-0.39, 0.29) is 10.7 Å². The minimum atomic E-state index is -0.683. The number of hydrogen-bond donors (Lipinski definition) is 1. The maximum Gasteiger partial charge on any atom is 0.151 e. The van der Waals surface area contributed by atoms with Crippen molar-refractivity contribution in [1.82, 2.24) is 4.98 Å². The van der Waals surface area contributed by atoms with E-state index in [1.165, 1.54) is 40.7 Å². The Morgan fingerprint density at radius 2 is 1.93 bits per heavy atom. The fraction of sp³-hybridized carbons (Fsp3) is 0.174. The molecule has 2 aromatic carbocycles. The van der Waals surface area contributed by atoms with E-state index in [1.807, 2.05) is 12.4 Å². The Morgan fingerprint density at radius 3 is 2.70 bits per heavy atom. The zero-order valence-electron chi connectivity index (χ0n) is 15.9. The molecule has 30 heavy (non-hydrogen) atoms. The van der Waals surface area contributed by atoms with E-state index >= 15 is 0 Å². The van der Waals surface area contributed by atoms with Crippen LogP contribution in [0.1, 0.15) is 34.7 Å². The molecule has 0 amide bonds. The van der Waals surface area contributed by atoms with Crippen LogP contribution < -0.4 is 5.32 Å². The number of aliphatic imine (C=N–C) groups is 1. The second-order valence-electron chi connectivity index (χ2n) is 7.26. The van der Waals surface area contributed by atoms with E-state index in [2.05, 4.69) is 28.5 Å². The van der Waals surface area contributed by atoms with Gasteiger partial charge >= 0.3 is 0 Å². The van der Waals surface area contributed by atoms with E-state index in [4.69, 9.17) is 17.2 Å². The van der Waals surface area contributed by atoms with Crippen LogP contribution in [-0.4, -0.2) is 16.2 Å². The first-order valence-corrected chi connectivity index (χ1v) is 10.9. The van der Waals surface area contributed by atoms with Crippen molar-refractivity contribution in [2.45, 2.75) is 25.7 Å². The molecule has 0 fully saturated rings. The number of thiazole rings is 1. The van der Waals surface area contributed by atoms with Crippen molar-refractivity contribution in [2.75, 3.05) is 5.32 Å². The van der Waals surface area contributed by atoms with Gasteiger partial charge in [-0.1, -0.05) is 30.4 Å². The third-order valence-electron chi connectivity index (χ3n) is 5.32. The molecule has 1 aliphatic heterocycles. The highest BCUT2D eigenvalue weighted by Gasteiger charge is 2.22. The van der Waals surface area contributed by atoms with E-state index < -0.39 is 11.6 Å². The standard InChI is InChI=1S/C23H17F2N3S2/c24-17-4-2-5-18(25)20(17)28-22(29)23-27-19-6-1-3-13-7-8-14(15-9-10-26-12-15)11-16(13)21(19)30-23/h2,4-5,7-8,10-12H,1,3,6,9H2,(H,28,29). The summed E-state index contributed by atoms with van der Waals surface area (Å²) in [6.07, 6.45) is 7.48. The van der Waals surface area contributed by atoms with Gasteiger partial charge in [-0.05, 0) is 59.7 Å². The van der Waals surface area contributed by atoms with Gasteiger partial charge in [0.2, 0.25) is 0 Å². The lowest BCUT2D eigenvalue weighted by atomic mass is 9.97. The number of rotatable bonds is 3. The number of benzene rings is 2. The summed E-state index contributed by atoms with van der Waals surface area (Å²) in [6.45, 7) is 0. The Bertz CT molecular complexity index is 1210. The number of fused-ring (bicyclic) bond motifs is 3. The smallest absolute Gasteiger partial charge is 0.151 e. The van der Waals surface area contributed by atoms with Gasteiger partial charge in [-0.3, -0.25) is 4.99 Å². The summed E-state index contributed by atoms with van der Waals surface area (Å²) in [7, 11) is 0. The number of hydrogen-bond acceptors (Lipinski definition) is 4. The molecule has 0 spiro atoms. The molecule has 2 aliphatic rings. The molecule has 5 rings (SSSR count). The van der Waals surface area contributed by atoms with Crippen molar-refractivity contribution >= 4 is 46.0 Å². The Hall–Kier alpha value is -2.77. The lowest BCUT2D eigenvalue weighted by Gasteiger charge is -2.10. The predicted octanol–water partition coefficient (Wildman–Crippen LogP) is 6.18. The molecule has 1 aromatic heterocycles. The van der Waals surface area contributed by atoms with Crippen LogP contribution in [0.5, 0.6) is 0 Å². The molecule has 0 saturated carbocycles. The molecule has 3 aromatic rings. The van der Waals surface area contributed by atoms with E-state index in [0.29, 0.717) is 5.01 Å². The predicted molar refractivity (Wildman–Crippen MR) is 122 cm³/mol. The molecule has 0 bridgehead atoms. The van der Waals surface area contributed by atoms with Crippen LogP contribution in [0.25, 0.3) is 16.0 Å². The molecule has 0 unspecified atom stereocenters. The first-order valence-electron chi connectivity index (χ1n) is 9.69.